The summed E-state index contributed by atoms with van der Waals surface area (Å²) in [6.07, 6.45) is 2.86. The van der Waals surface area contributed by atoms with E-state index in [0.29, 0.717) is 18.5 Å². The fourth-order valence-electron chi connectivity index (χ4n) is 1.71. The maximum atomic E-state index is 13.3. The third kappa shape index (κ3) is 1.73. The zero-order valence-electron chi connectivity index (χ0n) is 7.96. The number of nitrogens with two attached hydrogens (primary N) is 1. The summed E-state index contributed by atoms with van der Waals surface area (Å²) in [7, 11) is 0. The van der Waals surface area contributed by atoms with Crippen LogP contribution in [0.3, 0.4) is 0 Å². The Kier molecular flexibility index (Phi) is 2.19. The van der Waals surface area contributed by atoms with E-state index in [9.17, 15) is 4.39 Å². The summed E-state index contributed by atoms with van der Waals surface area (Å²) in [5, 5.41) is 9.04. The third-order valence-corrected chi connectivity index (χ3v) is 2.99. The van der Waals surface area contributed by atoms with Crippen molar-refractivity contribution in [2.24, 2.45) is 11.1 Å². The van der Waals surface area contributed by atoms with Crippen LogP contribution in [-0.4, -0.2) is 11.7 Å². The van der Waals surface area contributed by atoms with E-state index in [0.717, 1.165) is 18.9 Å². The van der Waals surface area contributed by atoms with E-state index in [2.05, 4.69) is 0 Å². The summed E-state index contributed by atoms with van der Waals surface area (Å²) in [6, 6.07) is 4.31. The van der Waals surface area contributed by atoms with Crippen molar-refractivity contribution in [2.75, 3.05) is 6.54 Å². The van der Waals surface area contributed by atoms with Crippen LogP contribution in [0.2, 0.25) is 0 Å². The van der Waals surface area contributed by atoms with Gasteiger partial charge in [0.25, 0.3) is 0 Å². The molecule has 1 saturated carbocycles. The molecule has 1 aromatic rings. The molecule has 2 nitrogen and oxygen atoms in total. The van der Waals surface area contributed by atoms with E-state index >= 15 is 0 Å². The Morgan fingerprint density at radius 1 is 1.43 bits per heavy atom. The smallest absolute Gasteiger partial charge is 0.130 e. The highest BCUT2D eigenvalue weighted by molar-refractivity contribution is 5.29. The first kappa shape index (κ1) is 9.46. The lowest BCUT2D eigenvalue weighted by Gasteiger charge is -2.12. The Balaban J connectivity index is 2.17. The van der Waals surface area contributed by atoms with Crippen LogP contribution in [0.5, 0.6) is 5.75 Å². The number of benzene rings is 1. The Hall–Kier alpha value is -1.09. The first-order valence-corrected chi connectivity index (χ1v) is 4.83. The number of rotatable bonds is 3. The molecule has 76 valence electrons. The van der Waals surface area contributed by atoms with Gasteiger partial charge in [-0.2, -0.15) is 0 Å². The van der Waals surface area contributed by atoms with E-state index in [1.54, 1.807) is 6.07 Å². The number of hydrogen-bond acceptors (Lipinski definition) is 2. The fourth-order valence-corrected chi connectivity index (χ4v) is 1.71. The molecule has 2 rings (SSSR count). The summed E-state index contributed by atoms with van der Waals surface area (Å²) >= 11 is 0. The van der Waals surface area contributed by atoms with Crippen molar-refractivity contribution in [1.82, 2.24) is 0 Å². The number of phenolic OH excluding ortho intramolecular Hbond substituents is 1. The van der Waals surface area contributed by atoms with E-state index in [4.69, 9.17) is 10.8 Å². The van der Waals surface area contributed by atoms with Gasteiger partial charge < -0.3 is 10.8 Å². The number of phenols is 1. The maximum Gasteiger partial charge on any atom is 0.130 e. The lowest BCUT2D eigenvalue weighted by Crippen LogP contribution is -2.18. The van der Waals surface area contributed by atoms with Gasteiger partial charge >= 0.3 is 0 Å². The van der Waals surface area contributed by atoms with Crippen LogP contribution in [0.1, 0.15) is 18.4 Å². The first-order valence-electron chi connectivity index (χ1n) is 4.83. The summed E-state index contributed by atoms with van der Waals surface area (Å²) in [4.78, 5) is 0. The Labute approximate surface area is 82.5 Å². The van der Waals surface area contributed by atoms with Crippen molar-refractivity contribution in [3.8, 4) is 5.75 Å². The Bertz CT molecular complexity index is 347. The van der Waals surface area contributed by atoms with Gasteiger partial charge in [0.15, 0.2) is 0 Å². The number of aromatic hydroxyl groups is 1. The molecule has 0 bridgehead atoms. The van der Waals surface area contributed by atoms with Gasteiger partial charge in [0.1, 0.15) is 11.6 Å². The second-order valence-electron chi connectivity index (χ2n) is 4.16. The average molecular weight is 195 g/mol. The predicted molar refractivity (Wildman–Crippen MR) is 52.5 cm³/mol. The second-order valence-corrected chi connectivity index (χ2v) is 4.16. The van der Waals surface area contributed by atoms with E-state index < -0.39 is 0 Å². The van der Waals surface area contributed by atoms with Crippen molar-refractivity contribution in [3.05, 3.63) is 29.6 Å². The van der Waals surface area contributed by atoms with Crippen LogP contribution in [0.25, 0.3) is 0 Å². The summed E-state index contributed by atoms with van der Waals surface area (Å²) in [5.41, 5.74) is 6.42. The quantitative estimate of drug-likeness (QED) is 0.772. The molecule has 0 atom stereocenters. The zero-order valence-corrected chi connectivity index (χ0v) is 7.96. The van der Waals surface area contributed by atoms with Gasteiger partial charge in [-0.1, -0.05) is 6.07 Å². The fraction of sp³-hybridized carbons (Fsp3) is 0.455. The molecule has 1 fully saturated rings. The minimum absolute atomic E-state index is 0.0242. The normalized spacial score (nSPS) is 18.1. The highest BCUT2D eigenvalue weighted by Gasteiger charge is 2.41. The van der Waals surface area contributed by atoms with E-state index in [1.807, 2.05) is 0 Å². The number of hydrogen-bond donors (Lipinski definition) is 2. The van der Waals surface area contributed by atoms with Crippen molar-refractivity contribution in [3.63, 3.8) is 0 Å². The van der Waals surface area contributed by atoms with Crippen LogP contribution < -0.4 is 5.73 Å². The molecular formula is C11H14FNO. The van der Waals surface area contributed by atoms with Gasteiger partial charge in [-0.15, -0.1) is 0 Å². The highest BCUT2D eigenvalue weighted by Crippen LogP contribution is 2.47. The maximum absolute atomic E-state index is 13.3. The van der Waals surface area contributed by atoms with E-state index in [1.165, 1.54) is 6.07 Å². The van der Waals surface area contributed by atoms with Crippen LogP contribution in [0, 0.1) is 11.2 Å². The van der Waals surface area contributed by atoms with E-state index in [-0.39, 0.29) is 17.0 Å². The minimum atomic E-state index is -0.329. The lowest BCUT2D eigenvalue weighted by atomic mass is 9.96. The molecule has 1 aliphatic rings. The van der Waals surface area contributed by atoms with Gasteiger partial charge in [-0.05, 0) is 42.9 Å². The van der Waals surface area contributed by atoms with Crippen LogP contribution in [0.15, 0.2) is 18.2 Å². The largest absolute Gasteiger partial charge is 0.508 e. The van der Waals surface area contributed by atoms with Crippen molar-refractivity contribution in [2.45, 2.75) is 19.3 Å². The summed E-state index contributed by atoms with van der Waals surface area (Å²) < 4.78 is 13.3. The molecule has 1 aromatic carbocycles. The molecule has 0 aliphatic heterocycles. The minimum Gasteiger partial charge on any atom is -0.508 e. The van der Waals surface area contributed by atoms with Gasteiger partial charge in [-0.25, -0.2) is 4.39 Å². The molecule has 1 aliphatic carbocycles. The molecule has 3 N–H and O–H groups in total. The average Bonchev–Trinajstić information content (AvgIpc) is 2.91. The molecule has 0 heterocycles. The molecule has 3 heteroatoms. The monoisotopic (exact) mass is 195 g/mol. The molecule has 14 heavy (non-hydrogen) atoms. The highest BCUT2D eigenvalue weighted by atomic mass is 19.1. The predicted octanol–water partition coefficient (Wildman–Crippen LogP) is 1.81. The first-order chi connectivity index (χ1) is 6.65. The molecule has 0 saturated heterocycles. The van der Waals surface area contributed by atoms with Gasteiger partial charge in [0, 0.05) is 6.07 Å². The van der Waals surface area contributed by atoms with Gasteiger partial charge in [0.05, 0.1) is 0 Å². The summed E-state index contributed by atoms with van der Waals surface area (Å²) in [6.45, 7) is 0.618. The molecule has 0 amide bonds. The lowest BCUT2D eigenvalue weighted by molar-refractivity contribution is 0.462. The SMILES string of the molecule is NCC1(Cc2ccc(O)cc2F)CC1. The topological polar surface area (TPSA) is 46.2 Å². The second kappa shape index (κ2) is 3.24. The van der Waals surface area contributed by atoms with Crippen molar-refractivity contribution >= 4 is 0 Å². The zero-order chi connectivity index (χ0) is 10.2. The number of halogens is 1. The van der Waals surface area contributed by atoms with Crippen LogP contribution in [0.4, 0.5) is 4.39 Å². The Morgan fingerprint density at radius 2 is 2.14 bits per heavy atom. The van der Waals surface area contributed by atoms with Gasteiger partial charge in [-0.3, -0.25) is 0 Å². The van der Waals surface area contributed by atoms with Crippen LogP contribution in [-0.2, 0) is 6.42 Å². The molecule has 0 unspecified atom stereocenters. The van der Waals surface area contributed by atoms with Crippen molar-refractivity contribution in [1.29, 1.82) is 0 Å². The van der Waals surface area contributed by atoms with Crippen LogP contribution >= 0.6 is 0 Å². The van der Waals surface area contributed by atoms with Gasteiger partial charge in [0.2, 0.25) is 0 Å². The summed E-state index contributed by atoms with van der Waals surface area (Å²) in [5.74, 6) is -0.353. The molecule has 0 spiro atoms. The third-order valence-electron chi connectivity index (χ3n) is 2.99. The molecular weight excluding hydrogens is 181 g/mol. The Morgan fingerprint density at radius 3 is 2.64 bits per heavy atom. The van der Waals surface area contributed by atoms with Crippen molar-refractivity contribution < 1.29 is 9.50 Å². The molecule has 0 aromatic heterocycles. The standard InChI is InChI=1S/C11H14FNO/c12-10-5-9(14)2-1-8(10)6-11(7-13)3-4-11/h1-2,5,14H,3-4,6-7,13H2. The molecule has 0 radical (unpaired) electrons.